The molecule has 1 aliphatic rings. The third-order valence-electron chi connectivity index (χ3n) is 2.30. The Morgan fingerprint density at radius 1 is 1.38 bits per heavy atom. The van der Waals surface area contributed by atoms with Gasteiger partial charge in [0.25, 0.3) is 0 Å². The van der Waals surface area contributed by atoms with Gasteiger partial charge in [-0.05, 0) is 12.8 Å². The highest BCUT2D eigenvalue weighted by Gasteiger charge is 2.24. The predicted molar refractivity (Wildman–Crippen MR) is 52.9 cm³/mol. The molecule has 13 heavy (non-hydrogen) atoms. The van der Waals surface area contributed by atoms with Crippen LogP contribution in [0.2, 0.25) is 0 Å². The van der Waals surface area contributed by atoms with E-state index in [9.17, 15) is 0 Å². The van der Waals surface area contributed by atoms with Crippen LogP contribution >= 0.6 is 0 Å². The van der Waals surface area contributed by atoms with E-state index in [1.54, 1.807) is 7.11 Å². The van der Waals surface area contributed by atoms with Crippen LogP contribution in [0.5, 0.6) is 0 Å². The lowest BCUT2D eigenvalue weighted by molar-refractivity contribution is -0.00125. The number of hydrogen-bond acceptors (Lipinski definition) is 3. The normalized spacial score (nSPS) is 28.6. The molecule has 2 unspecified atom stereocenters. The Hall–Kier alpha value is -0.120. The Balaban J connectivity index is 2.10. The first-order chi connectivity index (χ1) is 6.22. The van der Waals surface area contributed by atoms with Gasteiger partial charge in [-0.3, -0.25) is 0 Å². The van der Waals surface area contributed by atoms with Crippen LogP contribution in [0.1, 0.15) is 26.7 Å². The van der Waals surface area contributed by atoms with Crippen molar-refractivity contribution in [1.82, 2.24) is 5.32 Å². The third-order valence-corrected chi connectivity index (χ3v) is 2.30. The Kier molecular flexibility index (Phi) is 4.70. The summed E-state index contributed by atoms with van der Waals surface area (Å²) in [5, 5.41) is 3.38. The fourth-order valence-corrected chi connectivity index (χ4v) is 1.61. The number of ether oxygens (including phenoxy) is 2. The molecule has 1 rings (SSSR count). The largest absolute Gasteiger partial charge is 0.382 e. The van der Waals surface area contributed by atoms with Crippen molar-refractivity contribution in [2.24, 2.45) is 0 Å². The van der Waals surface area contributed by atoms with E-state index in [0.717, 1.165) is 26.0 Å². The lowest BCUT2D eigenvalue weighted by atomic mass is 10.2. The molecule has 0 aromatic carbocycles. The summed E-state index contributed by atoms with van der Waals surface area (Å²) in [6.07, 6.45) is 3.01. The fourth-order valence-electron chi connectivity index (χ4n) is 1.61. The molecule has 0 saturated carbocycles. The van der Waals surface area contributed by atoms with E-state index >= 15 is 0 Å². The molecular formula is C10H21NO2. The lowest BCUT2D eigenvalue weighted by Gasteiger charge is -2.15. The quantitative estimate of drug-likeness (QED) is 0.701. The van der Waals surface area contributed by atoms with Crippen LogP contribution in [-0.4, -0.2) is 38.5 Å². The molecule has 2 atom stereocenters. The topological polar surface area (TPSA) is 30.5 Å². The van der Waals surface area contributed by atoms with Crippen LogP contribution in [0.25, 0.3) is 0 Å². The van der Waals surface area contributed by atoms with Gasteiger partial charge in [0.15, 0.2) is 0 Å². The summed E-state index contributed by atoms with van der Waals surface area (Å²) in [4.78, 5) is 0. The van der Waals surface area contributed by atoms with Crippen molar-refractivity contribution >= 4 is 0 Å². The van der Waals surface area contributed by atoms with Crippen molar-refractivity contribution in [1.29, 1.82) is 0 Å². The van der Waals surface area contributed by atoms with Gasteiger partial charge in [0.2, 0.25) is 0 Å². The van der Waals surface area contributed by atoms with E-state index in [1.165, 1.54) is 0 Å². The van der Waals surface area contributed by atoms with Gasteiger partial charge in [-0.2, -0.15) is 0 Å². The maximum atomic E-state index is 5.76. The minimum absolute atomic E-state index is 0.323. The number of nitrogens with one attached hydrogen (secondary N) is 1. The van der Waals surface area contributed by atoms with Crippen LogP contribution in [0.4, 0.5) is 0 Å². The van der Waals surface area contributed by atoms with Gasteiger partial charge in [0, 0.05) is 19.7 Å². The highest BCUT2D eigenvalue weighted by Crippen LogP contribution is 2.19. The maximum Gasteiger partial charge on any atom is 0.0813 e. The highest BCUT2D eigenvalue weighted by atomic mass is 16.5. The average molecular weight is 187 g/mol. The summed E-state index contributed by atoms with van der Waals surface area (Å²) in [5.41, 5.74) is 0. The standard InChI is InChI=1S/C10H21NO2/c1-8(2)11-6-9-4-5-10(13-9)7-12-3/h8-11H,4-7H2,1-3H3. The van der Waals surface area contributed by atoms with Crippen LogP contribution in [0, 0.1) is 0 Å². The molecule has 0 aliphatic carbocycles. The molecule has 3 heteroatoms. The van der Waals surface area contributed by atoms with Gasteiger partial charge < -0.3 is 14.8 Å². The molecule has 0 aromatic heterocycles. The molecule has 1 saturated heterocycles. The van der Waals surface area contributed by atoms with Crippen LogP contribution in [0.3, 0.4) is 0 Å². The van der Waals surface area contributed by atoms with E-state index in [-0.39, 0.29) is 0 Å². The molecule has 0 amide bonds. The summed E-state index contributed by atoms with van der Waals surface area (Å²) in [5.74, 6) is 0. The zero-order chi connectivity index (χ0) is 9.68. The number of hydrogen-bond donors (Lipinski definition) is 1. The first kappa shape index (κ1) is 11.0. The van der Waals surface area contributed by atoms with Crippen LogP contribution < -0.4 is 5.32 Å². The zero-order valence-electron chi connectivity index (χ0n) is 8.88. The summed E-state index contributed by atoms with van der Waals surface area (Å²) in [6.45, 7) is 6.01. The van der Waals surface area contributed by atoms with Gasteiger partial charge in [0.1, 0.15) is 0 Å². The Morgan fingerprint density at radius 3 is 2.69 bits per heavy atom. The monoisotopic (exact) mass is 187 g/mol. The van der Waals surface area contributed by atoms with Crippen molar-refractivity contribution < 1.29 is 9.47 Å². The second kappa shape index (κ2) is 5.58. The molecule has 1 aliphatic heterocycles. The van der Waals surface area contributed by atoms with E-state index in [0.29, 0.717) is 18.2 Å². The maximum absolute atomic E-state index is 5.76. The Labute approximate surface area is 80.8 Å². The molecule has 3 nitrogen and oxygen atoms in total. The molecule has 1 heterocycles. The molecule has 0 bridgehead atoms. The van der Waals surface area contributed by atoms with Crippen molar-refractivity contribution in [2.75, 3.05) is 20.3 Å². The smallest absolute Gasteiger partial charge is 0.0813 e. The van der Waals surface area contributed by atoms with Gasteiger partial charge in [-0.15, -0.1) is 0 Å². The summed E-state index contributed by atoms with van der Waals surface area (Å²) in [7, 11) is 1.73. The van der Waals surface area contributed by atoms with E-state index in [2.05, 4.69) is 19.2 Å². The molecule has 0 aromatic rings. The van der Waals surface area contributed by atoms with E-state index < -0.39 is 0 Å². The predicted octanol–water partition coefficient (Wildman–Crippen LogP) is 1.18. The second-order valence-corrected chi connectivity index (χ2v) is 3.98. The summed E-state index contributed by atoms with van der Waals surface area (Å²) >= 11 is 0. The average Bonchev–Trinajstić information content (AvgIpc) is 2.50. The molecule has 1 fully saturated rings. The Bertz CT molecular complexity index is 139. The summed E-state index contributed by atoms with van der Waals surface area (Å²) in [6, 6.07) is 0.546. The van der Waals surface area contributed by atoms with E-state index in [1.807, 2.05) is 0 Å². The van der Waals surface area contributed by atoms with Gasteiger partial charge in [-0.25, -0.2) is 0 Å². The van der Waals surface area contributed by atoms with Crippen molar-refractivity contribution in [2.45, 2.75) is 44.9 Å². The van der Waals surface area contributed by atoms with Crippen LogP contribution in [-0.2, 0) is 9.47 Å². The molecule has 78 valence electrons. The zero-order valence-corrected chi connectivity index (χ0v) is 8.88. The van der Waals surface area contributed by atoms with E-state index in [4.69, 9.17) is 9.47 Å². The Morgan fingerprint density at radius 2 is 2.08 bits per heavy atom. The van der Waals surface area contributed by atoms with Crippen molar-refractivity contribution in [3.05, 3.63) is 0 Å². The fraction of sp³-hybridized carbons (Fsp3) is 1.00. The minimum atomic E-state index is 0.323. The molecule has 0 radical (unpaired) electrons. The first-order valence-corrected chi connectivity index (χ1v) is 5.10. The first-order valence-electron chi connectivity index (χ1n) is 5.10. The lowest BCUT2D eigenvalue weighted by Crippen LogP contribution is -2.32. The molecule has 1 N–H and O–H groups in total. The van der Waals surface area contributed by atoms with Crippen molar-refractivity contribution in [3.63, 3.8) is 0 Å². The second-order valence-electron chi connectivity index (χ2n) is 3.98. The number of rotatable bonds is 5. The van der Waals surface area contributed by atoms with Gasteiger partial charge >= 0.3 is 0 Å². The van der Waals surface area contributed by atoms with Gasteiger partial charge in [0.05, 0.1) is 18.8 Å². The summed E-state index contributed by atoms with van der Waals surface area (Å²) < 4.78 is 10.8. The van der Waals surface area contributed by atoms with Crippen molar-refractivity contribution in [3.8, 4) is 0 Å². The SMILES string of the molecule is COCC1CCC(CNC(C)C)O1. The molecule has 0 spiro atoms. The minimum Gasteiger partial charge on any atom is -0.382 e. The highest BCUT2D eigenvalue weighted by molar-refractivity contribution is 4.75. The molecular weight excluding hydrogens is 166 g/mol. The number of methoxy groups -OCH3 is 1. The third kappa shape index (κ3) is 4.07. The van der Waals surface area contributed by atoms with Crippen LogP contribution in [0.15, 0.2) is 0 Å². The van der Waals surface area contributed by atoms with Gasteiger partial charge in [-0.1, -0.05) is 13.8 Å².